The monoisotopic (exact) mass is 257 g/mol. The Morgan fingerprint density at radius 1 is 1.47 bits per heavy atom. The van der Waals surface area contributed by atoms with E-state index in [1.807, 2.05) is 19.2 Å². The van der Waals surface area contributed by atoms with E-state index in [0.717, 1.165) is 29.3 Å². The van der Waals surface area contributed by atoms with Crippen molar-refractivity contribution in [1.82, 2.24) is 4.98 Å². The molecule has 2 unspecified atom stereocenters. The van der Waals surface area contributed by atoms with Crippen LogP contribution in [0.3, 0.4) is 0 Å². The van der Waals surface area contributed by atoms with Gasteiger partial charge in [-0.15, -0.1) is 0 Å². The van der Waals surface area contributed by atoms with Crippen LogP contribution in [0.1, 0.15) is 35.7 Å². The summed E-state index contributed by atoms with van der Waals surface area (Å²) in [7, 11) is 0. The van der Waals surface area contributed by atoms with Crippen molar-refractivity contribution in [2.75, 3.05) is 6.61 Å². The highest BCUT2D eigenvalue weighted by Gasteiger charge is 2.34. The predicted octanol–water partition coefficient (Wildman–Crippen LogP) is 3.47. The van der Waals surface area contributed by atoms with Gasteiger partial charge in [-0.1, -0.05) is 18.6 Å². The van der Waals surface area contributed by atoms with Gasteiger partial charge < -0.3 is 9.72 Å². The van der Waals surface area contributed by atoms with E-state index < -0.39 is 0 Å². The predicted molar refractivity (Wildman–Crippen MR) is 75.5 cm³/mol. The molecule has 2 heterocycles. The maximum absolute atomic E-state index is 12.7. The minimum absolute atomic E-state index is 0.0181. The van der Waals surface area contributed by atoms with Gasteiger partial charge in [0.1, 0.15) is 0 Å². The summed E-state index contributed by atoms with van der Waals surface area (Å²) in [5.74, 6) is 0.241. The van der Waals surface area contributed by atoms with Crippen molar-refractivity contribution in [3.8, 4) is 0 Å². The van der Waals surface area contributed by atoms with Crippen molar-refractivity contribution >= 4 is 16.7 Å². The Balaban J connectivity index is 1.99. The quantitative estimate of drug-likeness (QED) is 0.855. The number of aromatic nitrogens is 1. The van der Waals surface area contributed by atoms with Gasteiger partial charge in [0.15, 0.2) is 5.78 Å². The summed E-state index contributed by atoms with van der Waals surface area (Å²) in [4.78, 5) is 15.9. The molecule has 1 aromatic heterocycles. The van der Waals surface area contributed by atoms with Gasteiger partial charge in [0.25, 0.3) is 0 Å². The summed E-state index contributed by atoms with van der Waals surface area (Å²) in [6.45, 7) is 4.83. The van der Waals surface area contributed by atoms with E-state index >= 15 is 0 Å². The summed E-state index contributed by atoms with van der Waals surface area (Å²) < 4.78 is 5.64. The molecule has 2 aromatic rings. The van der Waals surface area contributed by atoms with E-state index in [1.54, 1.807) is 0 Å². The highest BCUT2D eigenvalue weighted by atomic mass is 16.5. The van der Waals surface area contributed by atoms with Crippen LogP contribution in [-0.4, -0.2) is 23.5 Å². The number of rotatable bonds is 3. The van der Waals surface area contributed by atoms with Crippen molar-refractivity contribution in [1.29, 1.82) is 0 Å². The number of ether oxygens (including phenoxy) is 1. The Morgan fingerprint density at radius 3 is 3.11 bits per heavy atom. The van der Waals surface area contributed by atoms with Crippen LogP contribution in [-0.2, 0) is 4.74 Å². The maximum Gasteiger partial charge on any atom is 0.170 e. The van der Waals surface area contributed by atoms with E-state index in [1.165, 1.54) is 5.56 Å². The first-order valence-electron chi connectivity index (χ1n) is 6.94. The second-order valence-electron chi connectivity index (χ2n) is 5.33. The molecule has 0 amide bonds. The number of nitrogens with one attached hydrogen (secondary N) is 1. The standard InChI is InChI=1S/C16H19NO2/c1-3-15-11(6-7-19-15)16(18)13-9-17-14-5-4-10(2)8-12(13)14/h4-5,8-9,11,15,17H,3,6-7H2,1-2H3. The fourth-order valence-corrected chi connectivity index (χ4v) is 2.99. The molecule has 3 nitrogen and oxygen atoms in total. The maximum atomic E-state index is 12.7. The molecular formula is C16H19NO2. The number of benzene rings is 1. The Bertz CT molecular complexity index is 614. The highest BCUT2D eigenvalue weighted by molar-refractivity contribution is 6.09. The molecule has 1 fully saturated rings. The summed E-state index contributed by atoms with van der Waals surface area (Å²) in [5.41, 5.74) is 3.02. The third kappa shape index (κ3) is 2.08. The first kappa shape index (κ1) is 12.4. The average Bonchev–Trinajstić information content (AvgIpc) is 3.03. The van der Waals surface area contributed by atoms with Gasteiger partial charge in [0.2, 0.25) is 0 Å². The SMILES string of the molecule is CCC1OCCC1C(=O)c1c[nH]c2ccc(C)cc12. The Kier molecular flexibility index (Phi) is 3.15. The number of hydrogen-bond donors (Lipinski definition) is 1. The summed E-state index contributed by atoms with van der Waals surface area (Å²) >= 11 is 0. The Hall–Kier alpha value is -1.61. The number of fused-ring (bicyclic) bond motifs is 1. The van der Waals surface area contributed by atoms with Gasteiger partial charge in [-0.3, -0.25) is 4.79 Å². The van der Waals surface area contributed by atoms with E-state index in [0.29, 0.717) is 6.61 Å². The lowest BCUT2D eigenvalue weighted by atomic mass is 9.90. The molecule has 0 bridgehead atoms. The van der Waals surface area contributed by atoms with E-state index in [2.05, 4.69) is 24.0 Å². The number of carbonyl (C=O) groups excluding carboxylic acids is 1. The Labute approximate surface area is 113 Å². The highest BCUT2D eigenvalue weighted by Crippen LogP contribution is 2.30. The van der Waals surface area contributed by atoms with Crippen LogP contribution >= 0.6 is 0 Å². The van der Waals surface area contributed by atoms with Crippen molar-refractivity contribution in [3.05, 3.63) is 35.5 Å². The van der Waals surface area contributed by atoms with Gasteiger partial charge in [-0.2, -0.15) is 0 Å². The lowest BCUT2D eigenvalue weighted by Gasteiger charge is -2.15. The van der Waals surface area contributed by atoms with Gasteiger partial charge in [0.05, 0.1) is 12.0 Å². The third-order valence-electron chi connectivity index (χ3n) is 4.05. The lowest BCUT2D eigenvalue weighted by Crippen LogP contribution is -2.23. The molecule has 0 aliphatic carbocycles. The molecule has 1 aromatic carbocycles. The first-order valence-corrected chi connectivity index (χ1v) is 6.94. The topological polar surface area (TPSA) is 42.1 Å². The van der Waals surface area contributed by atoms with E-state index in [-0.39, 0.29) is 17.8 Å². The summed E-state index contributed by atoms with van der Waals surface area (Å²) in [5, 5.41) is 1.03. The number of Topliss-reactive ketones (excluding diaryl/α,β-unsaturated/α-hetero) is 1. The number of hydrogen-bond acceptors (Lipinski definition) is 2. The fourth-order valence-electron chi connectivity index (χ4n) is 2.99. The van der Waals surface area contributed by atoms with Crippen LogP contribution in [0.5, 0.6) is 0 Å². The number of aryl methyl sites for hydroxylation is 1. The number of H-pyrrole nitrogens is 1. The molecule has 1 saturated heterocycles. The zero-order chi connectivity index (χ0) is 13.4. The minimum atomic E-state index is 0.0181. The van der Waals surface area contributed by atoms with E-state index in [9.17, 15) is 4.79 Å². The zero-order valence-electron chi connectivity index (χ0n) is 11.4. The second kappa shape index (κ2) is 4.82. The van der Waals surface area contributed by atoms with E-state index in [4.69, 9.17) is 4.74 Å². The second-order valence-corrected chi connectivity index (χ2v) is 5.33. The zero-order valence-corrected chi connectivity index (χ0v) is 11.4. The van der Waals surface area contributed by atoms with Crippen molar-refractivity contribution in [3.63, 3.8) is 0 Å². The van der Waals surface area contributed by atoms with Gasteiger partial charge in [0, 0.05) is 29.3 Å². The van der Waals surface area contributed by atoms with Crippen molar-refractivity contribution in [2.24, 2.45) is 5.92 Å². The Morgan fingerprint density at radius 2 is 2.32 bits per heavy atom. The van der Waals surface area contributed by atoms with Crippen LogP contribution in [0.4, 0.5) is 0 Å². The smallest absolute Gasteiger partial charge is 0.170 e. The molecule has 19 heavy (non-hydrogen) atoms. The van der Waals surface area contributed by atoms with Crippen LogP contribution < -0.4 is 0 Å². The summed E-state index contributed by atoms with van der Waals surface area (Å²) in [6.07, 6.45) is 3.67. The molecule has 2 atom stereocenters. The molecular weight excluding hydrogens is 238 g/mol. The molecule has 1 N–H and O–H groups in total. The average molecular weight is 257 g/mol. The fraction of sp³-hybridized carbons (Fsp3) is 0.438. The lowest BCUT2D eigenvalue weighted by molar-refractivity contribution is 0.0690. The third-order valence-corrected chi connectivity index (χ3v) is 4.05. The molecule has 3 rings (SSSR count). The minimum Gasteiger partial charge on any atom is -0.377 e. The molecule has 0 spiro atoms. The normalized spacial score (nSPS) is 23.1. The van der Waals surface area contributed by atoms with Gasteiger partial charge in [-0.05, 0) is 31.9 Å². The van der Waals surface area contributed by atoms with Gasteiger partial charge >= 0.3 is 0 Å². The van der Waals surface area contributed by atoms with Crippen molar-refractivity contribution < 1.29 is 9.53 Å². The van der Waals surface area contributed by atoms with Crippen LogP contribution in [0.2, 0.25) is 0 Å². The molecule has 3 heteroatoms. The molecule has 100 valence electrons. The largest absolute Gasteiger partial charge is 0.377 e. The number of carbonyl (C=O) groups is 1. The number of ketones is 1. The van der Waals surface area contributed by atoms with Gasteiger partial charge in [-0.25, -0.2) is 0 Å². The van der Waals surface area contributed by atoms with Crippen LogP contribution in [0.25, 0.3) is 10.9 Å². The molecule has 0 radical (unpaired) electrons. The summed E-state index contributed by atoms with van der Waals surface area (Å²) in [6, 6.07) is 6.17. The van der Waals surface area contributed by atoms with Crippen LogP contribution in [0.15, 0.2) is 24.4 Å². The van der Waals surface area contributed by atoms with Crippen molar-refractivity contribution in [2.45, 2.75) is 32.8 Å². The molecule has 0 saturated carbocycles. The molecule has 1 aliphatic rings. The molecule has 1 aliphatic heterocycles. The van der Waals surface area contributed by atoms with Crippen LogP contribution in [0, 0.1) is 12.8 Å². The number of aromatic amines is 1. The first-order chi connectivity index (χ1) is 9.20.